The maximum atomic E-state index is 10.6. The van der Waals surface area contributed by atoms with Crippen molar-refractivity contribution in [1.29, 1.82) is 0 Å². The SMILES string of the molecule is CCCCC(CCC)CC/C=C(\C)C(=O)O. The molecule has 0 aliphatic rings. The highest BCUT2D eigenvalue weighted by molar-refractivity contribution is 5.85. The highest BCUT2D eigenvalue weighted by Crippen LogP contribution is 2.20. The van der Waals surface area contributed by atoms with Crippen LogP contribution in [0.25, 0.3) is 0 Å². The van der Waals surface area contributed by atoms with Gasteiger partial charge in [-0.3, -0.25) is 0 Å². The summed E-state index contributed by atoms with van der Waals surface area (Å²) in [6, 6.07) is 0. The lowest BCUT2D eigenvalue weighted by Gasteiger charge is -2.14. The normalized spacial score (nSPS) is 13.8. The van der Waals surface area contributed by atoms with Crippen LogP contribution in [0.5, 0.6) is 0 Å². The van der Waals surface area contributed by atoms with Gasteiger partial charge in [0.05, 0.1) is 0 Å². The van der Waals surface area contributed by atoms with Crippen LogP contribution in [0, 0.1) is 5.92 Å². The Balaban J connectivity index is 3.91. The molecule has 0 rings (SSSR count). The van der Waals surface area contributed by atoms with Crippen molar-refractivity contribution in [1.82, 2.24) is 0 Å². The number of hydrogen-bond donors (Lipinski definition) is 1. The first kappa shape index (κ1) is 15.2. The van der Waals surface area contributed by atoms with Gasteiger partial charge in [-0.15, -0.1) is 0 Å². The van der Waals surface area contributed by atoms with Crippen molar-refractivity contribution in [2.24, 2.45) is 5.92 Å². The molecule has 0 amide bonds. The molecule has 2 nitrogen and oxygen atoms in total. The van der Waals surface area contributed by atoms with Gasteiger partial charge in [0.2, 0.25) is 0 Å². The molecule has 0 fully saturated rings. The van der Waals surface area contributed by atoms with E-state index in [0.29, 0.717) is 5.57 Å². The lowest BCUT2D eigenvalue weighted by molar-refractivity contribution is -0.132. The molecule has 0 bridgehead atoms. The van der Waals surface area contributed by atoms with E-state index in [1.807, 2.05) is 6.08 Å². The predicted octanol–water partition coefficient (Wildman–Crippen LogP) is 4.40. The fourth-order valence-corrected chi connectivity index (χ4v) is 1.96. The summed E-state index contributed by atoms with van der Waals surface area (Å²) in [5, 5.41) is 8.72. The van der Waals surface area contributed by atoms with Crippen LogP contribution in [0.15, 0.2) is 11.6 Å². The summed E-state index contributed by atoms with van der Waals surface area (Å²) in [6.45, 7) is 6.11. The van der Waals surface area contributed by atoms with Crippen molar-refractivity contribution < 1.29 is 9.90 Å². The van der Waals surface area contributed by atoms with Crippen molar-refractivity contribution in [3.8, 4) is 0 Å². The summed E-state index contributed by atoms with van der Waals surface area (Å²) in [6.07, 6.45) is 10.3. The molecule has 94 valence electrons. The molecular formula is C14H26O2. The molecule has 0 aromatic heterocycles. The third-order valence-electron chi connectivity index (χ3n) is 3.03. The van der Waals surface area contributed by atoms with Crippen molar-refractivity contribution in [2.45, 2.75) is 65.7 Å². The average molecular weight is 226 g/mol. The molecule has 1 N–H and O–H groups in total. The second-order valence-electron chi connectivity index (χ2n) is 4.57. The van der Waals surface area contributed by atoms with Crippen molar-refractivity contribution in [3.63, 3.8) is 0 Å². The minimum Gasteiger partial charge on any atom is -0.478 e. The molecule has 0 aliphatic heterocycles. The largest absolute Gasteiger partial charge is 0.478 e. The minimum atomic E-state index is -0.791. The number of allylic oxidation sites excluding steroid dienone is 1. The topological polar surface area (TPSA) is 37.3 Å². The van der Waals surface area contributed by atoms with Gasteiger partial charge in [0.15, 0.2) is 0 Å². The molecule has 0 aliphatic carbocycles. The van der Waals surface area contributed by atoms with Crippen molar-refractivity contribution >= 4 is 5.97 Å². The van der Waals surface area contributed by atoms with Crippen LogP contribution in [0.1, 0.15) is 65.7 Å². The van der Waals surface area contributed by atoms with Gasteiger partial charge in [-0.05, 0) is 25.7 Å². The van der Waals surface area contributed by atoms with Crippen LogP contribution in [0.2, 0.25) is 0 Å². The Hall–Kier alpha value is -0.790. The Bertz CT molecular complexity index is 219. The van der Waals surface area contributed by atoms with E-state index in [2.05, 4.69) is 13.8 Å². The number of carboxylic acids is 1. The monoisotopic (exact) mass is 226 g/mol. The molecule has 0 saturated carbocycles. The van der Waals surface area contributed by atoms with E-state index in [4.69, 9.17) is 5.11 Å². The van der Waals surface area contributed by atoms with Crippen molar-refractivity contribution in [2.75, 3.05) is 0 Å². The van der Waals surface area contributed by atoms with E-state index in [0.717, 1.165) is 18.8 Å². The van der Waals surface area contributed by atoms with E-state index >= 15 is 0 Å². The first-order valence-electron chi connectivity index (χ1n) is 6.51. The maximum Gasteiger partial charge on any atom is 0.330 e. The summed E-state index contributed by atoms with van der Waals surface area (Å²) >= 11 is 0. The molecule has 1 atom stereocenters. The van der Waals surface area contributed by atoms with E-state index < -0.39 is 5.97 Å². The Morgan fingerprint density at radius 1 is 1.19 bits per heavy atom. The van der Waals surface area contributed by atoms with Crippen LogP contribution in [0.4, 0.5) is 0 Å². The molecule has 16 heavy (non-hydrogen) atoms. The highest BCUT2D eigenvalue weighted by atomic mass is 16.4. The number of hydrogen-bond acceptors (Lipinski definition) is 1. The van der Waals surface area contributed by atoms with Crippen molar-refractivity contribution in [3.05, 3.63) is 11.6 Å². The second kappa shape index (κ2) is 9.44. The zero-order chi connectivity index (χ0) is 12.4. The molecule has 0 radical (unpaired) electrons. The number of rotatable bonds is 9. The lowest BCUT2D eigenvalue weighted by Crippen LogP contribution is -2.01. The molecule has 0 spiro atoms. The number of unbranched alkanes of at least 4 members (excludes halogenated alkanes) is 1. The van der Waals surface area contributed by atoms with Gasteiger partial charge < -0.3 is 5.11 Å². The average Bonchev–Trinajstić information content (AvgIpc) is 2.25. The lowest BCUT2D eigenvalue weighted by atomic mass is 9.92. The van der Waals surface area contributed by atoms with Gasteiger partial charge in [0.1, 0.15) is 0 Å². The molecule has 0 aromatic rings. The zero-order valence-corrected chi connectivity index (χ0v) is 11.0. The minimum absolute atomic E-state index is 0.478. The number of carboxylic acid groups (broad SMARTS) is 1. The van der Waals surface area contributed by atoms with Crippen LogP contribution >= 0.6 is 0 Å². The fourth-order valence-electron chi connectivity index (χ4n) is 1.96. The summed E-state index contributed by atoms with van der Waals surface area (Å²) in [5.41, 5.74) is 0.478. The Morgan fingerprint density at radius 2 is 1.88 bits per heavy atom. The highest BCUT2D eigenvalue weighted by Gasteiger charge is 2.06. The Kier molecular flexibility index (Phi) is 8.97. The second-order valence-corrected chi connectivity index (χ2v) is 4.57. The van der Waals surface area contributed by atoms with Gasteiger partial charge in [-0.1, -0.05) is 52.0 Å². The van der Waals surface area contributed by atoms with Gasteiger partial charge in [0, 0.05) is 5.57 Å². The molecule has 0 saturated heterocycles. The Morgan fingerprint density at radius 3 is 2.38 bits per heavy atom. The first-order valence-corrected chi connectivity index (χ1v) is 6.51. The molecule has 2 heteroatoms. The van der Waals surface area contributed by atoms with E-state index in [1.54, 1.807) is 6.92 Å². The molecule has 0 heterocycles. The summed E-state index contributed by atoms with van der Waals surface area (Å²) in [4.78, 5) is 10.6. The summed E-state index contributed by atoms with van der Waals surface area (Å²) < 4.78 is 0. The Labute approximate surface area is 99.7 Å². The third-order valence-corrected chi connectivity index (χ3v) is 3.03. The summed E-state index contributed by atoms with van der Waals surface area (Å²) in [7, 11) is 0. The molecular weight excluding hydrogens is 200 g/mol. The quantitative estimate of drug-likeness (QED) is 0.591. The molecule has 1 unspecified atom stereocenters. The van der Waals surface area contributed by atoms with Gasteiger partial charge in [0.25, 0.3) is 0 Å². The zero-order valence-electron chi connectivity index (χ0n) is 11.0. The van der Waals surface area contributed by atoms with Crippen LogP contribution in [-0.4, -0.2) is 11.1 Å². The van der Waals surface area contributed by atoms with Crippen LogP contribution < -0.4 is 0 Å². The van der Waals surface area contributed by atoms with E-state index in [-0.39, 0.29) is 0 Å². The maximum absolute atomic E-state index is 10.6. The molecule has 0 aromatic carbocycles. The van der Waals surface area contributed by atoms with Gasteiger partial charge >= 0.3 is 5.97 Å². The van der Waals surface area contributed by atoms with E-state index in [1.165, 1.54) is 32.1 Å². The van der Waals surface area contributed by atoms with Crippen LogP contribution in [-0.2, 0) is 4.79 Å². The van der Waals surface area contributed by atoms with E-state index in [9.17, 15) is 4.79 Å². The van der Waals surface area contributed by atoms with Crippen LogP contribution in [0.3, 0.4) is 0 Å². The fraction of sp³-hybridized carbons (Fsp3) is 0.786. The number of aliphatic carboxylic acids is 1. The number of carbonyl (C=O) groups is 1. The summed E-state index contributed by atoms with van der Waals surface area (Å²) in [5.74, 6) is -0.0107. The predicted molar refractivity (Wildman–Crippen MR) is 68.5 cm³/mol. The standard InChI is InChI=1S/C14H26O2/c1-4-6-10-13(8-5-2)11-7-9-12(3)14(15)16/h9,13H,4-8,10-11H2,1-3H3,(H,15,16)/b12-9+. The van der Waals surface area contributed by atoms with Gasteiger partial charge in [-0.25, -0.2) is 4.79 Å². The first-order chi connectivity index (χ1) is 7.61. The smallest absolute Gasteiger partial charge is 0.330 e. The third kappa shape index (κ3) is 7.49. The van der Waals surface area contributed by atoms with Gasteiger partial charge in [-0.2, -0.15) is 0 Å².